The summed E-state index contributed by atoms with van der Waals surface area (Å²) in [6.07, 6.45) is 0. The van der Waals surface area contributed by atoms with E-state index in [1.165, 1.54) is 0 Å². The van der Waals surface area contributed by atoms with Crippen molar-refractivity contribution < 1.29 is 19.1 Å². The Morgan fingerprint density at radius 3 is 2.47 bits per heavy atom. The van der Waals surface area contributed by atoms with Crippen molar-refractivity contribution >= 4 is 52.5 Å². The molecule has 0 saturated carbocycles. The van der Waals surface area contributed by atoms with Gasteiger partial charge in [0.05, 0.1) is 6.04 Å². The predicted octanol–water partition coefficient (Wildman–Crippen LogP) is 5.02. The molecular weight excluding hydrogens is 451 g/mol. The van der Waals surface area contributed by atoms with Gasteiger partial charge in [0.25, 0.3) is 0 Å². The van der Waals surface area contributed by atoms with Crippen LogP contribution in [-0.2, 0) is 16.1 Å². The van der Waals surface area contributed by atoms with Gasteiger partial charge in [-0.1, -0.05) is 83.3 Å². The first-order valence-electron chi connectivity index (χ1n) is 9.09. The Morgan fingerprint density at radius 1 is 1.10 bits per heavy atom. The molecule has 9 heteroatoms. The fourth-order valence-corrected chi connectivity index (χ4v) is 3.29. The molecule has 1 aliphatic rings. The van der Waals surface area contributed by atoms with Crippen LogP contribution in [0, 0.1) is 5.92 Å². The third kappa shape index (κ3) is 5.88. The minimum atomic E-state index is -1.75. The number of benzene rings is 2. The molecule has 2 amide bonds. The van der Waals surface area contributed by atoms with E-state index in [1.54, 1.807) is 25.1 Å². The maximum atomic E-state index is 12.8. The Bertz CT molecular complexity index is 945. The molecule has 0 aromatic heterocycles. The van der Waals surface area contributed by atoms with Crippen LogP contribution in [0.3, 0.4) is 0 Å². The van der Waals surface area contributed by atoms with Crippen molar-refractivity contribution in [1.29, 1.82) is 0 Å². The van der Waals surface area contributed by atoms with E-state index in [4.69, 9.17) is 44.3 Å². The normalized spacial score (nSPS) is 18.9. The molecular formula is C21H19Cl3N2O4. The first kappa shape index (κ1) is 22.4. The maximum absolute atomic E-state index is 12.8. The Balaban J connectivity index is 1.87. The van der Waals surface area contributed by atoms with Crippen LogP contribution in [-0.4, -0.2) is 28.1 Å². The minimum Gasteiger partial charge on any atom is -0.489 e. The van der Waals surface area contributed by atoms with E-state index in [-0.39, 0.29) is 0 Å². The molecule has 2 atom stereocenters. The number of hydrogen-bond acceptors (Lipinski definition) is 4. The van der Waals surface area contributed by atoms with Crippen LogP contribution < -0.4 is 10.1 Å². The lowest BCUT2D eigenvalue weighted by atomic mass is 9.88. The number of alkyl halides is 3. The summed E-state index contributed by atoms with van der Waals surface area (Å²) in [6.45, 7) is 1.49. The Morgan fingerprint density at radius 2 is 1.77 bits per heavy atom. The molecule has 0 fully saturated rings. The number of nitrogens with zero attached hydrogens (tertiary/aromatic N) is 1. The number of para-hydroxylation sites is 1. The second-order valence-electron chi connectivity index (χ2n) is 6.69. The van der Waals surface area contributed by atoms with E-state index in [1.807, 2.05) is 36.4 Å². The topological polar surface area (TPSA) is 77.0 Å². The molecule has 0 saturated heterocycles. The third-order valence-corrected chi connectivity index (χ3v) is 4.79. The van der Waals surface area contributed by atoms with Crippen molar-refractivity contribution in [2.24, 2.45) is 10.9 Å². The van der Waals surface area contributed by atoms with Gasteiger partial charge < -0.3 is 14.8 Å². The molecule has 0 bridgehead atoms. The molecule has 2 aromatic carbocycles. The highest BCUT2D eigenvalue weighted by atomic mass is 35.6. The predicted molar refractivity (Wildman–Crippen MR) is 116 cm³/mol. The quantitative estimate of drug-likeness (QED) is 0.476. The lowest BCUT2D eigenvalue weighted by Crippen LogP contribution is -2.44. The van der Waals surface area contributed by atoms with Crippen molar-refractivity contribution in [3.63, 3.8) is 0 Å². The number of urea groups is 1. The molecule has 6 nitrogen and oxygen atoms in total. The van der Waals surface area contributed by atoms with Gasteiger partial charge in [0.1, 0.15) is 24.9 Å². The monoisotopic (exact) mass is 468 g/mol. The number of esters is 1. The zero-order chi connectivity index (χ0) is 21.7. The lowest BCUT2D eigenvalue weighted by Gasteiger charge is -2.31. The van der Waals surface area contributed by atoms with Gasteiger partial charge in [-0.05, 0) is 18.6 Å². The fraction of sp³-hybridized carbons (Fsp3) is 0.286. The molecule has 2 unspecified atom stereocenters. The van der Waals surface area contributed by atoms with Crippen LogP contribution in [0.1, 0.15) is 24.1 Å². The number of amides is 2. The van der Waals surface area contributed by atoms with E-state index < -0.39 is 34.4 Å². The smallest absolute Gasteiger partial charge is 0.341 e. The van der Waals surface area contributed by atoms with Gasteiger partial charge in [0, 0.05) is 11.3 Å². The molecule has 0 aliphatic carbocycles. The van der Waals surface area contributed by atoms with Crippen LogP contribution in [0.2, 0.25) is 0 Å². The molecule has 0 spiro atoms. The van der Waals surface area contributed by atoms with Crippen molar-refractivity contribution in [3.8, 4) is 5.75 Å². The number of hydrogen-bond donors (Lipinski definition) is 1. The van der Waals surface area contributed by atoms with Crippen LogP contribution in [0.15, 0.2) is 59.6 Å². The van der Waals surface area contributed by atoms with Gasteiger partial charge in [0.2, 0.25) is 3.79 Å². The second kappa shape index (κ2) is 9.69. The first-order valence-corrected chi connectivity index (χ1v) is 10.2. The van der Waals surface area contributed by atoms with Crippen LogP contribution in [0.5, 0.6) is 5.75 Å². The average Bonchev–Trinajstić information content (AvgIpc) is 2.70. The molecule has 2 aromatic rings. The average molecular weight is 470 g/mol. The van der Waals surface area contributed by atoms with Crippen molar-refractivity contribution in [2.45, 2.75) is 23.4 Å². The summed E-state index contributed by atoms with van der Waals surface area (Å²) in [6, 6.07) is 15.5. The highest BCUT2D eigenvalue weighted by Crippen LogP contribution is 2.35. The summed E-state index contributed by atoms with van der Waals surface area (Å²) in [4.78, 5) is 28.7. The largest absolute Gasteiger partial charge is 0.489 e. The number of nitrogens with one attached hydrogen (secondary N) is 1. The van der Waals surface area contributed by atoms with Gasteiger partial charge in [0.15, 0.2) is 0 Å². The van der Waals surface area contributed by atoms with E-state index in [2.05, 4.69) is 10.3 Å². The summed E-state index contributed by atoms with van der Waals surface area (Å²) in [5.74, 6) is -1.03. The number of rotatable bonds is 6. The highest BCUT2D eigenvalue weighted by Gasteiger charge is 2.40. The zero-order valence-corrected chi connectivity index (χ0v) is 18.2. The lowest BCUT2D eigenvalue weighted by molar-refractivity contribution is -0.146. The minimum absolute atomic E-state index is 0.302. The molecule has 158 valence electrons. The number of carbonyl (C=O) groups is 2. The van der Waals surface area contributed by atoms with Gasteiger partial charge in [-0.2, -0.15) is 0 Å². The first-order chi connectivity index (χ1) is 14.2. The Labute approximate surface area is 189 Å². The van der Waals surface area contributed by atoms with E-state index in [9.17, 15) is 9.59 Å². The number of aliphatic imine (C=N–C) groups is 1. The fourth-order valence-electron chi connectivity index (χ4n) is 3.13. The van der Waals surface area contributed by atoms with Gasteiger partial charge in [-0.15, -0.1) is 0 Å². The number of halogens is 3. The van der Waals surface area contributed by atoms with Crippen LogP contribution in [0.25, 0.3) is 0 Å². The van der Waals surface area contributed by atoms with Crippen molar-refractivity contribution in [2.75, 3.05) is 6.61 Å². The Kier molecular flexibility index (Phi) is 7.23. The van der Waals surface area contributed by atoms with E-state index in [0.717, 1.165) is 5.56 Å². The van der Waals surface area contributed by atoms with Gasteiger partial charge >= 0.3 is 12.0 Å². The molecule has 1 heterocycles. The number of ether oxygens (including phenoxy) is 2. The molecule has 1 aliphatic heterocycles. The number of carbonyl (C=O) groups excluding carboxylic acids is 2. The van der Waals surface area contributed by atoms with Crippen LogP contribution in [0.4, 0.5) is 4.79 Å². The third-order valence-electron chi connectivity index (χ3n) is 4.46. The standard InChI is InChI=1S/C21H19Cl3N2O4/c1-13-17(19(27)30-12-21(22,23)24)18(26-20(28)25-13)15-9-5-6-10-16(15)29-11-14-7-3-2-4-8-14/h2-10,17-18H,11-12H2,1H3,(H,26,28). The van der Waals surface area contributed by atoms with Crippen molar-refractivity contribution in [3.05, 3.63) is 65.7 Å². The second-order valence-corrected chi connectivity index (χ2v) is 9.21. The summed E-state index contributed by atoms with van der Waals surface area (Å²) in [5.41, 5.74) is 1.90. The molecule has 1 N–H and O–H groups in total. The molecule has 0 radical (unpaired) electrons. The summed E-state index contributed by atoms with van der Waals surface area (Å²) < 4.78 is 9.40. The van der Waals surface area contributed by atoms with Crippen molar-refractivity contribution in [1.82, 2.24) is 5.32 Å². The maximum Gasteiger partial charge on any atom is 0.341 e. The van der Waals surface area contributed by atoms with Crippen LogP contribution >= 0.6 is 34.8 Å². The molecule has 30 heavy (non-hydrogen) atoms. The SMILES string of the molecule is CC1=NC(=O)NC(c2ccccc2OCc2ccccc2)C1C(=O)OCC(Cl)(Cl)Cl. The van der Waals surface area contributed by atoms with E-state index >= 15 is 0 Å². The Hall–Kier alpha value is -2.28. The summed E-state index contributed by atoms with van der Waals surface area (Å²) in [7, 11) is 0. The summed E-state index contributed by atoms with van der Waals surface area (Å²) in [5, 5.41) is 2.72. The molecule has 3 rings (SSSR count). The summed E-state index contributed by atoms with van der Waals surface area (Å²) >= 11 is 17.1. The highest BCUT2D eigenvalue weighted by molar-refractivity contribution is 6.67. The van der Waals surface area contributed by atoms with Gasteiger partial charge in [-0.3, -0.25) is 4.79 Å². The van der Waals surface area contributed by atoms with E-state index in [0.29, 0.717) is 23.6 Å². The van der Waals surface area contributed by atoms with Gasteiger partial charge in [-0.25, -0.2) is 9.79 Å². The zero-order valence-electron chi connectivity index (χ0n) is 16.0.